The molecule has 0 fully saturated rings. The molecule has 136 valence electrons. The van der Waals surface area contributed by atoms with Gasteiger partial charge in [-0.15, -0.1) is 0 Å². The van der Waals surface area contributed by atoms with Crippen LogP contribution in [-0.2, 0) is 0 Å². The third-order valence-corrected chi connectivity index (χ3v) is 5.24. The van der Waals surface area contributed by atoms with Crippen molar-refractivity contribution in [2.75, 3.05) is 30.3 Å². The van der Waals surface area contributed by atoms with Gasteiger partial charge in [0.25, 0.3) is 0 Å². The summed E-state index contributed by atoms with van der Waals surface area (Å²) in [5.74, 6) is 1.87. The monoisotopic (exact) mass is 368 g/mol. The molecule has 2 aromatic carbocycles. The van der Waals surface area contributed by atoms with E-state index in [2.05, 4.69) is 4.99 Å². The minimum Gasteiger partial charge on any atom is -0.492 e. The number of benzene rings is 2. The third-order valence-electron chi connectivity index (χ3n) is 4.14. The lowest BCUT2D eigenvalue weighted by Crippen LogP contribution is -2.36. The van der Waals surface area contributed by atoms with Crippen LogP contribution in [0.1, 0.15) is 29.3 Å². The molecule has 2 aromatic rings. The van der Waals surface area contributed by atoms with E-state index in [9.17, 15) is 4.79 Å². The summed E-state index contributed by atoms with van der Waals surface area (Å²) in [4.78, 5) is 19.6. The quantitative estimate of drug-likeness (QED) is 0.700. The van der Waals surface area contributed by atoms with Gasteiger partial charge in [0.2, 0.25) is 0 Å². The van der Waals surface area contributed by atoms with Gasteiger partial charge in [0, 0.05) is 17.9 Å². The second kappa shape index (κ2) is 8.90. The first kappa shape index (κ1) is 18.5. The average molecular weight is 369 g/mol. The van der Waals surface area contributed by atoms with Gasteiger partial charge in [-0.1, -0.05) is 53.7 Å². The van der Waals surface area contributed by atoms with Gasteiger partial charge in [0.05, 0.1) is 18.8 Å². The van der Waals surface area contributed by atoms with Crippen LogP contribution in [0.4, 0.5) is 5.69 Å². The second-order valence-electron chi connectivity index (χ2n) is 6.14. The van der Waals surface area contributed by atoms with Crippen molar-refractivity contribution in [2.24, 2.45) is 4.99 Å². The number of thioether (sulfide) groups is 1. The lowest BCUT2D eigenvalue weighted by Gasteiger charge is -2.28. The van der Waals surface area contributed by atoms with Crippen molar-refractivity contribution < 1.29 is 9.53 Å². The molecule has 4 nitrogen and oxygen atoms in total. The van der Waals surface area contributed by atoms with Crippen LogP contribution in [0, 0.1) is 6.92 Å². The van der Waals surface area contributed by atoms with E-state index in [-0.39, 0.29) is 12.3 Å². The third kappa shape index (κ3) is 4.47. The van der Waals surface area contributed by atoms with Gasteiger partial charge in [-0.2, -0.15) is 0 Å². The van der Waals surface area contributed by atoms with Crippen LogP contribution in [0.2, 0.25) is 0 Å². The van der Waals surface area contributed by atoms with E-state index in [1.165, 1.54) is 0 Å². The molecule has 26 heavy (non-hydrogen) atoms. The van der Waals surface area contributed by atoms with Crippen molar-refractivity contribution in [2.45, 2.75) is 20.3 Å². The summed E-state index contributed by atoms with van der Waals surface area (Å²) in [6.07, 6.45) is 1.07. The Morgan fingerprint density at radius 3 is 2.65 bits per heavy atom. The second-order valence-corrected chi connectivity index (χ2v) is 7.20. The van der Waals surface area contributed by atoms with E-state index >= 15 is 0 Å². The lowest BCUT2D eigenvalue weighted by molar-refractivity contribution is 0.100. The predicted octanol–water partition coefficient (Wildman–Crippen LogP) is 4.58. The topological polar surface area (TPSA) is 41.9 Å². The van der Waals surface area contributed by atoms with Crippen LogP contribution in [-0.4, -0.2) is 36.4 Å². The first-order chi connectivity index (χ1) is 12.7. The van der Waals surface area contributed by atoms with Crippen molar-refractivity contribution >= 4 is 28.4 Å². The predicted molar refractivity (Wildman–Crippen MR) is 110 cm³/mol. The molecule has 0 amide bonds. The Kier molecular flexibility index (Phi) is 6.34. The summed E-state index contributed by atoms with van der Waals surface area (Å²) in [7, 11) is 0. The van der Waals surface area contributed by atoms with E-state index in [0.717, 1.165) is 46.4 Å². The first-order valence-corrected chi connectivity index (χ1v) is 9.94. The van der Waals surface area contributed by atoms with Crippen LogP contribution in [0.3, 0.4) is 0 Å². The summed E-state index contributed by atoms with van der Waals surface area (Å²) in [5, 5.41) is 0.892. The molecule has 1 heterocycles. The van der Waals surface area contributed by atoms with Gasteiger partial charge in [-0.05, 0) is 32.4 Å². The molecule has 0 radical (unpaired) electrons. The SMILES string of the molecule is CCOc1ccccc1N(CC(=O)c1ccc(C)cc1)C1=NCCCS1. The van der Waals surface area contributed by atoms with Crippen LogP contribution in [0.25, 0.3) is 0 Å². The zero-order valence-electron chi connectivity index (χ0n) is 15.3. The summed E-state index contributed by atoms with van der Waals surface area (Å²) >= 11 is 1.70. The molecule has 3 rings (SSSR count). The summed E-state index contributed by atoms with van der Waals surface area (Å²) < 4.78 is 5.79. The van der Waals surface area contributed by atoms with Crippen molar-refractivity contribution in [3.05, 3.63) is 59.7 Å². The van der Waals surface area contributed by atoms with Gasteiger partial charge >= 0.3 is 0 Å². The standard InChI is InChI=1S/C21H24N2O2S/c1-3-25-20-8-5-4-7-18(20)23(21-22-13-6-14-26-21)15-19(24)17-11-9-16(2)10-12-17/h4-5,7-12H,3,6,13-15H2,1-2H3. The Labute approximate surface area is 159 Å². The molecule has 0 saturated heterocycles. The molecule has 1 aliphatic rings. The number of hydrogen-bond donors (Lipinski definition) is 0. The minimum absolute atomic E-state index is 0.0742. The summed E-state index contributed by atoms with van der Waals surface area (Å²) in [5.41, 5.74) is 2.76. The fourth-order valence-electron chi connectivity index (χ4n) is 2.80. The van der Waals surface area contributed by atoms with Gasteiger partial charge in [0.15, 0.2) is 11.0 Å². The molecule has 0 aromatic heterocycles. The van der Waals surface area contributed by atoms with E-state index in [4.69, 9.17) is 4.74 Å². The first-order valence-electron chi connectivity index (χ1n) is 8.95. The van der Waals surface area contributed by atoms with Crippen LogP contribution in [0.15, 0.2) is 53.5 Å². The maximum Gasteiger partial charge on any atom is 0.182 e. The number of ketones is 1. The molecular weight excluding hydrogens is 344 g/mol. The number of aliphatic imine (C=N–C) groups is 1. The number of carbonyl (C=O) groups is 1. The fraction of sp³-hybridized carbons (Fsp3) is 0.333. The molecule has 0 unspecified atom stereocenters. The number of ether oxygens (including phenoxy) is 1. The number of Topliss-reactive ketones (excluding diaryl/α,β-unsaturated/α-hetero) is 1. The number of carbonyl (C=O) groups excluding carboxylic acids is 1. The molecule has 0 spiro atoms. The van der Waals surface area contributed by atoms with Gasteiger partial charge < -0.3 is 9.64 Å². The highest BCUT2D eigenvalue weighted by molar-refractivity contribution is 8.14. The zero-order valence-corrected chi connectivity index (χ0v) is 16.1. The number of amidine groups is 1. The number of aryl methyl sites for hydroxylation is 1. The average Bonchev–Trinajstić information content (AvgIpc) is 2.68. The maximum atomic E-state index is 12.9. The number of anilines is 1. The molecular formula is C21H24N2O2S. The van der Waals surface area contributed by atoms with E-state index < -0.39 is 0 Å². The Balaban J connectivity index is 1.92. The molecule has 0 saturated carbocycles. The lowest BCUT2D eigenvalue weighted by atomic mass is 10.1. The van der Waals surface area contributed by atoms with E-state index in [1.807, 2.05) is 67.3 Å². The molecule has 0 bridgehead atoms. The molecule has 0 aliphatic carbocycles. The van der Waals surface area contributed by atoms with E-state index in [1.54, 1.807) is 11.8 Å². The smallest absolute Gasteiger partial charge is 0.182 e. The van der Waals surface area contributed by atoms with Crippen molar-refractivity contribution in [3.63, 3.8) is 0 Å². The van der Waals surface area contributed by atoms with Crippen LogP contribution in [0.5, 0.6) is 5.75 Å². The van der Waals surface area contributed by atoms with Crippen molar-refractivity contribution in [1.29, 1.82) is 0 Å². The number of hydrogen-bond acceptors (Lipinski definition) is 5. The number of para-hydroxylation sites is 2. The Hall–Kier alpha value is -2.27. The zero-order chi connectivity index (χ0) is 18.4. The highest BCUT2D eigenvalue weighted by Crippen LogP contribution is 2.31. The molecule has 5 heteroatoms. The van der Waals surface area contributed by atoms with Crippen LogP contribution >= 0.6 is 11.8 Å². The normalized spacial score (nSPS) is 13.8. The van der Waals surface area contributed by atoms with E-state index in [0.29, 0.717) is 6.61 Å². The highest BCUT2D eigenvalue weighted by Gasteiger charge is 2.23. The van der Waals surface area contributed by atoms with Crippen molar-refractivity contribution in [1.82, 2.24) is 0 Å². The minimum atomic E-state index is 0.0742. The molecule has 0 atom stereocenters. The van der Waals surface area contributed by atoms with Gasteiger partial charge in [-0.3, -0.25) is 9.79 Å². The van der Waals surface area contributed by atoms with Crippen molar-refractivity contribution in [3.8, 4) is 5.75 Å². The highest BCUT2D eigenvalue weighted by atomic mass is 32.2. The molecule has 1 aliphatic heterocycles. The summed E-state index contributed by atoms with van der Waals surface area (Å²) in [6.45, 7) is 5.61. The Bertz CT molecular complexity index is 787. The van der Waals surface area contributed by atoms with Crippen LogP contribution < -0.4 is 9.64 Å². The number of rotatable bonds is 6. The van der Waals surface area contributed by atoms with Gasteiger partial charge in [0.1, 0.15) is 5.75 Å². The molecule has 0 N–H and O–H groups in total. The Morgan fingerprint density at radius 1 is 1.19 bits per heavy atom. The number of nitrogens with zero attached hydrogens (tertiary/aromatic N) is 2. The van der Waals surface area contributed by atoms with Gasteiger partial charge in [-0.25, -0.2) is 0 Å². The summed E-state index contributed by atoms with van der Waals surface area (Å²) in [6, 6.07) is 15.6. The Morgan fingerprint density at radius 2 is 1.96 bits per heavy atom. The largest absolute Gasteiger partial charge is 0.492 e. The maximum absolute atomic E-state index is 12.9. The fourth-order valence-corrected chi connectivity index (χ4v) is 3.76.